The first-order valence-corrected chi connectivity index (χ1v) is 7.31. The molecule has 0 bridgehead atoms. The van der Waals surface area contributed by atoms with Crippen molar-refractivity contribution in [3.63, 3.8) is 0 Å². The van der Waals surface area contributed by atoms with Crippen molar-refractivity contribution >= 4 is 27.5 Å². The Balaban J connectivity index is 2.40. The van der Waals surface area contributed by atoms with Crippen LogP contribution in [0.1, 0.15) is 12.8 Å². The summed E-state index contributed by atoms with van der Waals surface area (Å²) in [6, 6.07) is 5.22. The smallest absolute Gasteiger partial charge is 0.243 e. The largest absolute Gasteiger partial charge is 0.368 e. The maximum Gasteiger partial charge on any atom is 0.243 e. The molecule has 98 valence electrons. The predicted molar refractivity (Wildman–Crippen MR) is 67.6 cm³/mol. The van der Waals surface area contributed by atoms with Crippen LogP contribution in [0.2, 0.25) is 5.02 Å². The fraction of sp³-hybridized carbons (Fsp3) is 0.364. The van der Waals surface area contributed by atoms with Gasteiger partial charge in [0.25, 0.3) is 0 Å². The molecule has 0 radical (unpaired) electrons. The molecule has 1 aliphatic heterocycles. The van der Waals surface area contributed by atoms with Crippen molar-refractivity contribution in [3.8, 4) is 0 Å². The lowest BCUT2D eigenvalue weighted by molar-refractivity contribution is -0.121. The first kappa shape index (κ1) is 13.3. The van der Waals surface area contributed by atoms with Crippen molar-refractivity contribution in [1.29, 1.82) is 0 Å². The van der Waals surface area contributed by atoms with Gasteiger partial charge >= 0.3 is 0 Å². The number of rotatable bonds is 3. The number of halogens is 1. The van der Waals surface area contributed by atoms with Crippen LogP contribution < -0.4 is 5.73 Å². The molecule has 1 heterocycles. The van der Waals surface area contributed by atoms with E-state index < -0.39 is 22.0 Å². The van der Waals surface area contributed by atoms with E-state index >= 15 is 0 Å². The van der Waals surface area contributed by atoms with Crippen LogP contribution in [-0.4, -0.2) is 31.2 Å². The van der Waals surface area contributed by atoms with E-state index in [0.29, 0.717) is 24.4 Å². The van der Waals surface area contributed by atoms with Crippen LogP contribution in [0.25, 0.3) is 0 Å². The zero-order chi connectivity index (χ0) is 13.3. The summed E-state index contributed by atoms with van der Waals surface area (Å²) in [5.41, 5.74) is 5.22. The van der Waals surface area contributed by atoms with Crippen LogP contribution in [0.5, 0.6) is 0 Å². The Morgan fingerprint density at radius 2 is 2.17 bits per heavy atom. The molecule has 2 N–H and O–H groups in total. The van der Waals surface area contributed by atoms with Crippen LogP contribution in [0.15, 0.2) is 29.2 Å². The van der Waals surface area contributed by atoms with Gasteiger partial charge in [0.15, 0.2) is 0 Å². The van der Waals surface area contributed by atoms with Gasteiger partial charge in [0.1, 0.15) is 6.04 Å². The van der Waals surface area contributed by atoms with E-state index in [1.807, 2.05) is 0 Å². The SMILES string of the molecule is NC(=O)[C@@H]1CCCN1S(=O)(=O)c1cccc(Cl)c1. The predicted octanol–water partition coefficient (Wildman–Crippen LogP) is 0.978. The number of hydrogen-bond donors (Lipinski definition) is 1. The molecule has 5 nitrogen and oxygen atoms in total. The summed E-state index contributed by atoms with van der Waals surface area (Å²) in [6.07, 6.45) is 1.10. The van der Waals surface area contributed by atoms with Crippen molar-refractivity contribution in [3.05, 3.63) is 29.3 Å². The highest BCUT2D eigenvalue weighted by Crippen LogP contribution is 2.27. The van der Waals surface area contributed by atoms with Crippen LogP contribution in [0.4, 0.5) is 0 Å². The van der Waals surface area contributed by atoms with E-state index in [4.69, 9.17) is 17.3 Å². The third-order valence-corrected chi connectivity index (χ3v) is 5.07. The number of sulfonamides is 1. The normalized spacial score (nSPS) is 21.1. The summed E-state index contributed by atoms with van der Waals surface area (Å²) in [7, 11) is -3.71. The minimum absolute atomic E-state index is 0.0863. The highest BCUT2D eigenvalue weighted by atomic mass is 35.5. The Labute approximate surface area is 111 Å². The Morgan fingerprint density at radius 1 is 1.44 bits per heavy atom. The molecular formula is C11H13ClN2O3S. The number of amides is 1. The Morgan fingerprint density at radius 3 is 2.78 bits per heavy atom. The first-order valence-electron chi connectivity index (χ1n) is 5.49. The summed E-state index contributed by atoms with van der Waals surface area (Å²) >= 11 is 5.78. The second-order valence-electron chi connectivity index (χ2n) is 4.13. The number of carbonyl (C=O) groups is 1. The van der Waals surface area contributed by atoms with Crippen molar-refractivity contribution in [2.24, 2.45) is 5.73 Å². The topological polar surface area (TPSA) is 80.5 Å². The number of primary amides is 1. The quantitative estimate of drug-likeness (QED) is 0.900. The fourth-order valence-corrected chi connectivity index (χ4v) is 4.04. The lowest BCUT2D eigenvalue weighted by atomic mass is 10.2. The van der Waals surface area contributed by atoms with Gasteiger partial charge in [-0.25, -0.2) is 8.42 Å². The lowest BCUT2D eigenvalue weighted by Crippen LogP contribution is -2.43. The van der Waals surface area contributed by atoms with Gasteiger partial charge in [-0.3, -0.25) is 4.79 Å². The van der Waals surface area contributed by atoms with Gasteiger partial charge in [0.2, 0.25) is 15.9 Å². The van der Waals surface area contributed by atoms with Gasteiger partial charge < -0.3 is 5.73 Å². The number of hydrogen-bond acceptors (Lipinski definition) is 3. The standard InChI is InChI=1S/C11H13ClN2O3S/c12-8-3-1-4-9(7-8)18(16,17)14-6-2-5-10(14)11(13)15/h1,3-4,7,10H,2,5-6H2,(H2,13,15)/t10-/m0/s1. The summed E-state index contributed by atoms with van der Waals surface area (Å²) in [5, 5.41) is 0.339. The zero-order valence-corrected chi connectivity index (χ0v) is 11.1. The molecule has 0 unspecified atom stereocenters. The van der Waals surface area contributed by atoms with E-state index in [1.165, 1.54) is 12.1 Å². The molecule has 1 aliphatic rings. The van der Waals surface area contributed by atoms with Crippen molar-refractivity contribution in [2.75, 3.05) is 6.54 Å². The molecule has 1 amide bonds. The summed E-state index contributed by atoms with van der Waals surface area (Å²) in [4.78, 5) is 11.3. The maximum absolute atomic E-state index is 12.4. The fourth-order valence-electron chi connectivity index (χ4n) is 2.08. The Hall–Kier alpha value is -1.11. The molecular weight excluding hydrogens is 276 g/mol. The van der Waals surface area contributed by atoms with Gasteiger partial charge in [0.05, 0.1) is 4.90 Å². The Kier molecular flexibility index (Phi) is 3.61. The van der Waals surface area contributed by atoms with Crippen molar-refractivity contribution < 1.29 is 13.2 Å². The van der Waals surface area contributed by atoms with E-state index in [-0.39, 0.29) is 4.90 Å². The summed E-state index contributed by atoms with van der Waals surface area (Å²) in [5.74, 6) is -0.613. The average molecular weight is 289 g/mol. The molecule has 1 saturated heterocycles. The molecule has 0 saturated carbocycles. The minimum Gasteiger partial charge on any atom is -0.368 e. The molecule has 1 fully saturated rings. The highest BCUT2D eigenvalue weighted by Gasteiger charge is 2.38. The molecule has 1 atom stereocenters. The maximum atomic E-state index is 12.4. The zero-order valence-electron chi connectivity index (χ0n) is 9.54. The van der Waals surface area contributed by atoms with Crippen LogP contribution in [0.3, 0.4) is 0 Å². The molecule has 18 heavy (non-hydrogen) atoms. The molecule has 1 aromatic carbocycles. The molecule has 2 rings (SSSR count). The molecule has 7 heteroatoms. The minimum atomic E-state index is -3.71. The lowest BCUT2D eigenvalue weighted by Gasteiger charge is -2.21. The van der Waals surface area contributed by atoms with Crippen LogP contribution >= 0.6 is 11.6 Å². The second-order valence-corrected chi connectivity index (χ2v) is 6.46. The van der Waals surface area contributed by atoms with Gasteiger partial charge in [-0.2, -0.15) is 4.31 Å². The van der Waals surface area contributed by atoms with E-state index in [0.717, 1.165) is 4.31 Å². The first-order chi connectivity index (χ1) is 8.43. The molecule has 0 aliphatic carbocycles. The van der Waals surface area contributed by atoms with Crippen LogP contribution in [0, 0.1) is 0 Å². The monoisotopic (exact) mass is 288 g/mol. The molecule has 1 aromatic rings. The third-order valence-electron chi connectivity index (χ3n) is 2.93. The number of nitrogens with two attached hydrogens (primary N) is 1. The van der Waals surface area contributed by atoms with Gasteiger partial charge in [-0.05, 0) is 31.0 Å². The number of benzene rings is 1. The third kappa shape index (κ3) is 2.36. The van der Waals surface area contributed by atoms with E-state index in [1.54, 1.807) is 12.1 Å². The van der Waals surface area contributed by atoms with E-state index in [2.05, 4.69) is 0 Å². The molecule has 0 aromatic heterocycles. The average Bonchev–Trinajstić information content (AvgIpc) is 2.78. The summed E-state index contributed by atoms with van der Waals surface area (Å²) < 4.78 is 25.9. The van der Waals surface area contributed by atoms with E-state index in [9.17, 15) is 13.2 Å². The highest BCUT2D eigenvalue weighted by molar-refractivity contribution is 7.89. The van der Waals surface area contributed by atoms with Gasteiger partial charge in [0, 0.05) is 11.6 Å². The van der Waals surface area contributed by atoms with Crippen molar-refractivity contribution in [2.45, 2.75) is 23.8 Å². The number of nitrogens with zero attached hydrogens (tertiary/aromatic N) is 1. The molecule has 0 spiro atoms. The van der Waals surface area contributed by atoms with Gasteiger partial charge in [-0.15, -0.1) is 0 Å². The Bertz CT molecular complexity index is 573. The number of carbonyl (C=O) groups excluding carboxylic acids is 1. The van der Waals surface area contributed by atoms with Crippen LogP contribution in [-0.2, 0) is 14.8 Å². The van der Waals surface area contributed by atoms with Crippen molar-refractivity contribution in [1.82, 2.24) is 4.31 Å². The summed E-state index contributed by atoms with van der Waals surface area (Å²) in [6.45, 7) is 0.308. The second kappa shape index (κ2) is 4.87. The van der Waals surface area contributed by atoms with Gasteiger partial charge in [-0.1, -0.05) is 17.7 Å².